The molecule has 0 spiro atoms. The third-order valence-electron chi connectivity index (χ3n) is 1.37. The predicted octanol–water partition coefficient (Wildman–Crippen LogP) is 2.03. The molecule has 2 N–H and O–H groups in total. The van der Waals surface area contributed by atoms with Gasteiger partial charge in [0, 0.05) is 6.20 Å². The molecule has 0 amide bonds. The zero-order valence-electron chi connectivity index (χ0n) is 8.26. The highest BCUT2D eigenvalue weighted by molar-refractivity contribution is 5.73. The second-order valence-corrected chi connectivity index (χ2v) is 2.71. The summed E-state index contributed by atoms with van der Waals surface area (Å²) in [7, 11) is 0. The number of hydrogen-bond acceptors (Lipinski definition) is 2. The first-order chi connectivity index (χ1) is 7.96. The van der Waals surface area contributed by atoms with Crippen molar-refractivity contribution in [3.05, 3.63) is 34.2 Å². The molecule has 0 aliphatic carbocycles. The summed E-state index contributed by atoms with van der Waals surface area (Å²) in [6, 6.07) is 1.86. The number of alkyl halides is 6. The van der Waals surface area contributed by atoms with Gasteiger partial charge in [0.1, 0.15) is 5.56 Å². The number of carboxylic acid groups (broad SMARTS) is 1. The van der Waals surface area contributed by atoms with Gasteiger partial charge in [0.15, 0.2) is 0 Å². The van der Waals surface area contributed by atoms with Gasteiger partial charge in [0.05, 0.1) is 0 Å². The van der Waals surface area contributed by atoms with Gasteiger partial charge in [-0.05, 0) is 12.1 Å². The number of hydrogen-bond donors (Lipinski definition) is 2. The van der Waals surface area contributed by atoms with E-state index in [1.54, 1.807) is 0 Å². The van der Waals surface area contributed by atoms with Gasteiger partial charge in [0.2, 0.25) is 0 Å². The van der Waals surface area contributed by atoms with Crippen molar-refractivity contribution in [2.75, 3.05) is 0 Å². The minimum atomic E-state index is -5.08. The molecule has 0 aromatic carbocycles. The lowest BCUT2D eigenvalue weighted by Gasteiger charge is -2.02. The number of nitrogens with one attached hydrogen (secondary N) is 1. The molecule has 0 fully saturated rings. The summed E-state index contributed by atoms with van der Waals surface area (Å²) in [5, 5.41) is 7.12. The number of rotatable bonds is 0. The Morgan fingerprint density at radius 2 is 1.61 bits per heavy atom. The highest BCUT2D eigenvalue weighted by Crippen LogP contribution is 2.25. The maximum Gasteiger partial charge on any atom is 0.490 e. The van der Waals surface area contributed by atoms with Gasteiger partial charge in [0.25, 0.3) is 5.56 Å². The molecule has 0 unspecified atom stereocenters. The summed E-state index contributed by atoms with van der Waals surface area (Å²) in [4.78, 5) is 21.3. The standard InChI is InChI=1S/C6H4F3NO.C2HF3O2/c7-6(8,9)4-2-1-3-10-5(4)11;3-2(4,5)1(6)7/h1-3H,(H,10,11);(H,6,7). The Labute approximate surface area is 94.9 Å². The summed E-state index contributed by atoms with van der Waals surface area (Å²) in [5.74, 6) is -2.76. The first-order valence-electron chi connectivity index (χ1n) is 4.01. The van der Waals surface area contributed by atoms with Gasteiger partial charge in [-0.3, -0.25) is 4.79 Å². The number of carboxylic acids is 1. The first kappa shape index (κ1) is 16.0. The quantitative estimate of drug-likeness (QED) is 0.713. The van der Waals surface area contributed by atoms with Crippen molar-refractivity contribution in [2.24, 2.45) is 0 Å². The van der Waals surface area contributed by atoms with Gasteiger partial charge >= 0.3 is 18.3 Å². The summed E-state index contributed by atoms with van der Waals surface area (Å²) in [5.41, 5.74) is -2.28. The lowest BCUT2D eigenvalue weighted by molar-refractivity contribution is -0.192. The van der Waals surface area contributed by atoms with Gasteiger partial charge in [-0.25, -0.2) is 4.79 Å². The monoisotopic (exact) mass is 277 g/mol. The molecule has 10 heteroatoms. The lowest BCUT2D eigenvalue weighted by Crippen LogP contribution is -2.21. The van der Waals surface area contributed by atoms with E-state index in [-0.39, 0.29) is 0 Å². The van der Waals surface area contributed by atoms with E-state index in [0.29, 0.717) is 0 Å². The molecule has 4 nitrogen and oxygen atoms in total. The highest BCUT2D eigenvalue weighted by atomic mass is 19.4. The van der Waals surface area contributed by atoms with Crippen molar-refractivity contribution in [2.45, 2.75) is 12.4 Å². The fourth-order valence-corrected chi connectivity index (χ4v) is 0.645. The van der Waals surface area contributed by atoms with Crippen LogP contribution < -0.4 is 5.56 Å². The number of H-pyrrole nitrogens is 1. The highest BCUT2D eigenvalue weighted by Gasteiger charge is 2.38. The molecule has 1 heterocycles. The second-order valence-electron chi connectivity index (χ2n) is 2.71. The summed E-state index contributed by atoms with van der Waals surface area (Å²) < 4.78 is 67.2. The van der Waals surface area contributed by atoms with Crippen LogP contribution in [0.1, 0.15) is 5.56 Å². The number of halogens is 6. The average molecular weight is 277 g/mol. The van der Waals surface area contributed by atoms with Gasteiger partial charge in [-0.1, -0.05) is 0 Å². The number of aliphatic carboxylic acids is 1. The van der Waals surface area contributed by atoms with Crippen LogP contribution in [0.4, 0.5) is 26.3 Å². The average Bonchev–Trinajstić information content (AvgIpc) is 2.15. The Morgan fingerprint density at radius 1 is 1.17 bits per heavy atom. The van der Waals surface area contributed by atoms with E-state index in [1.807, 2.05) is 4.98 Å². The van der Waals surface area contributed by atoms with E-state index in [9.17, 15) is 31.1 Å². The van der Waals surface area contributed by atoms with Crippen LogP contribution in [0.3, 0.4) is 0 Å². The van der Waals surface area contributed by atoms with Gasteiger partial charge in [-0.15, -0.1) is 0 Å². The van der Waals surface area contributed by atoms with Crippen molar-refractivity contribution >= 4 is 5.97 Å². The smallest absolute Gasteiger partial charge is 0.475 e. The Morgan fingerprint density at radius 3 is 1.83 bits per heavy atom. The third-order valence-corrected chi connectivity index (χ3v) is 1.37. The largest absolute Gasteiger partial charge is 0.490 e. The molecule has 18 heavy (non-hydrogen) atoms. The Balaban J connectivity index is 0.000000360. The molecule has 0 saturated carbocycles. The van der Waals surface area contributed by atoms with Gasteiger partial charge in [-0.2, -0.15) is 26.3 Å². The molecule has 0 bridgehead atoms. The topological polar surface area (TPSA) is 70.2 Å². The van der Waals surface area contributed by atoms with E-state index >= 15 is 0 Å². The molecular formula is C8H5F6NO3. The SMILES string of the molecule is O=C(O)C(F)(F)F.O=c1[nH]cccc1C(F)(F)F. The van der Waals surface area contributed by atoms with E-state index < -0.39 is 29.4 Å². The fourth-order valence-electron chi connectivity index (χ4n) is 0.645. The van der Waals surface area contributed by atoms with Crippen LogP contribution in [-0.2, 0) is 11.0 Å². The molecule has 1 aromatic rings. The van der Waals surface area contributed by atoms with E-state index in [4.69, 9.17) is 9.90 Å². The van der Waals surface area contributed by atoms with Crippen LogP contribution in [0, 0.1) is 0 Å². The zero-order chi connectivity index (χ0) is 14.6. The van der Waals surface area contributed by atoms with Crippen molar-refractivity contribution in [3.8, 4) is 0 Å². The Hall–Kier alpha value is -2.00. The molecule has 0 atom stereocenters. The van der Waals surface area contributed by atoms with Crippen LogP contribution in [0.25, 0.3) is 0 Å². The van der Waals surface area contributed by atoms with Crippen molar-refractivity contribution in [1.29, 1.82) is 0 Å². The van der Waals surface area contributed by atoms with Crippen LogP contribution in [0.2, 0.25) is 0 Å². The fraction of sp³-hybridized carbons (Fsp3) is 0.250. The third kappa shape index (κ3) is 5.37. The number of aromatic nitrogens is 1. The zero-order valence-corrected chi connectivity index (χ0v) is 8.26. The Bertz CT molecular complexity index is 461. The van der Waals surface area contributed by atoms with Crippen LogP contribution in [0.5, 0.6) is 0 Å². The van der Waals surface area contributed by atoms with Crippen molar-refractivity contribution in [3.63, 3.8) is 0 Å². The normalized spacial score (nSPS) is 11.4. The number of carbonyl (C=O) groups is 1. The molecule has 1 rings (SSSR count). The maximum atomic E-state index is 11.8. The number of aromatic amines is 1. The molecule has 0 radical (unpaired) electrons. The first-order valence-corrected chi connectivity index (χ1v) is 4.01. The van der Waals surface area contributed by atoms with E-state index in [0.717, 1.165) is 18.3 Å². The van der Waals surface area contributed by atoms with Crippen LogP contribution >= 0.6 is 0 Å². The maximum absolute atomic E-state index is 11.8. The minimum absolute atomic E-state index is 0.735. The van der Waals surface area contributed by atoms with Crippen LogP contribution in [0.15, 0.2) is 23.1 Å². The van der Waals surface area contributed by atoms with E-state index in [2.05, 4.69) is 0 Å². The van der Waals surface area contributed by atoms with Gasteiger partial charge < -0.3 is 10.1 Å². The minimum Gasteiger partial charge on any atom is -0.475 e. The Kier molecular flexibility index (Phi) is 4.94. The molecule has 0 aliphatic heterocycles. The van der Waals surface area contributed by atoms with Crippen LogP contribution in [-0.4, -0.2) is 22.2 Å². The lowest BCUT2D eigenvalue weighted by atomic mass is 10.3. The predicted molar refractivity (Wildman–Crippen MR) is 45.8 cm³/mol. The van der Waals surface area contributed by atoms with Crippen molar-refractivity contribution < 1.29 is 36.2 Å². The molecule has 0 aliphatic rings. The molecule has 102 valence electrons. The van der Waals surface area contributed by atoms with Crippen molar-refractivity contribution in [1.82, 2.24) is 4.98 Å². The summed E-state index contributed by atoms with van der Waals surface area (Å²) in [6.45, 7) is 0. The second kappa shape index (κ2) is 5.56. The molecular weight excluding hydrogens is 272 g/mol. The molecule has 1 aromatic heterocycles. The summed E-state index contributed by atoms with van der Waals surface area (Å²) >= 11 is 0. The summed E-state index contributed by atoms with van der Waals surface area (Å²) in [6.07, 6.45) is -8.49. The number of pyridine rings is 1. The van der Waals surface area contributed by atoms with E-state index in [1.165, 1.54) is 0 Å². The molecule has 0 saturated heterocycles.